The summed E-state index contributed by atoms with van der Waals surface area (Å²) < 4.78 is 1.12. The number of nitrogens with one attached hydrogen (secondary N) is 1. The highest BCUT2D eigenvalue weighted by molar-refractivity contribution is 9.10. The molecule has 0 aromatic heterocycles. The Bertz CT molecular complexity index is 469. The van der Waals surface area contributed by atoms with Gasteiger partial charge in [-0.05, 0) is 31.0 Å². The number of rotatable bonds is 5. The van der Waals surface area contributed by atoms with Crippen molar-refractivity contribution in [3.05, 3.63) is 34.3 Å². The molecule has 0 bridgehead atoms. The van der Waals surface area contributed by atoms with Crippen LogP contribution in [-0.4, -0.2) is 48.6 Å². The third-order valence-electron chi connectivity index (χ3n) is 4.19. The Morgan fingerprint density at radius 2 is 1.82 bits per heavy atom. The zero-order valence-corrected chi connectivity index (χ0v) is 15.1. The maximum absolute atomic E-state index is 11.9. The van der Waals surface area contributed by atoms with Gasteiger partial charge in [-0.3, -0.25) is 4.90 Å². The third kappa shape index (κ3) is 4.46. The SMILES string of the molecule is CCCC(c1ccc(Br)cc1)N1CCN(C(=O)NCC)CC1. The Morgan fingerprint density at radius 3 is 2.36 bits per heavy atom. The highest BCUT2D eigenvalue weighted by Crippen LogP contribution is 2.28. The van der Waals surface area contributed by atoms with Crippen LogP contribution in [0.4, 0.5) is 4.79 Å². The lowest BCUT2D eigenvalue weighted by Gasteiger charge is -2.39. The van der Waals surface area contributed by atoms with Crippen molar-refractivity contribution in [3.8, 4) is 0 Å². The first-order valence-corrected chi connectivity index (χ1v) is 8.97. The molecule has 2 amide bonds. The Kier molecular flexibility index (Phi) is 6.70. The lowest BCUT2D eigenvalue weighted by molar-refractivity contribution is 0.104. The van der Waals surface area contributed by atoms with E-state index in [2.05, 4.69) is 57.3 Å². The molecule has 2 rings (SSSR count). The molecular weight excluding hydrogens is 342 g/mol. The molecular formula is C17H26BrN3O. The minimum atomic E-state index is 0.0674. The predicted molar refractivity (Wildman–Crippen MR) is 94.0 cm³/mol. The lowest BCUT2D eigenvalue weighted by atomic mass is 10.00. The minimum absolute atomic E-state index is 0.0674. The summed E-state index contributed by atoms with van der Waals surface area (Å²) in [5, 5.41) is 2.89. The van der Waals surface area contributed by atoms with Gasteiger partial charge in [0.2, 0.25) is 0 Å². The van der Waals surface area contributed by atoms with Crippen molar-refractivity contribution in [2.24, 2.45) is 0 Å². The molecule has 0 saturated carbocycles. The van der Waals surface area contributed by atoms with E-state index in [0.29, 0.717) is 12.6 Å². The molecule has 5 heteroatoms. The van der Waals surface area contributed by atoms with Crippen molar-refractivity contribution in [3.63, 3.8) is 0 Å². The van der Waals surface area contributed by atoms with Gasteiger partial charge >= 0.3 is 6.03 Å². The summed E-state index contributed by atoms with van der Waals surface area (Å²) in [7, 11) is 0. The molecule has 22 heavy (non-hydrogen) atoms. The van der Waals surface area contributed by atoms with Crippen molar-refractivity contribution in [2.45, 2.75) is 32.7 Å². The van der Waals surface area contributed by atoms with Crippen LogP contribution < -0.4 is 5.32 Å². The molecule has 1 unspecified atom stereocenters. The summed E-state index contributed by atoms with van der Waals surface area (Å²) in [6.07, 6.45) is 2.32. The van der Waals surface area contributed by atoms with E-state index in [9.17, 15) is 4.79 Å². The topological polar surface area (TPSA) is 35.6 Å². The molecule has 4 nitrogen and oxygen atoms in total. The highest BCUT2D eigenvalue weighted by atomic mass is 79.9. The van der Waals surface area contributed by atoms with Gasteiger partial charge in [-0.15, -0.1) is 0 Å². The maximum Gasteiger partial charge on any atom is 0.317 e. The van der Waals surface area contributed by atoms with E-state index in [1.54, 1.807) is 0 Å². The van der Waals surface area contributed by atoms with Gasteiger partial charge in [0.15, 0.2) is 0 Å². The second kappa shape index (κ2) is 8.53. The average Bonchev–Trinajstić information content (AvgIpc) is 2.54. The molecule has 0 aliphatic carbocycles. The first-order chi connectivity index (χ1) is 10.7. The zero-order chi connectivity index (χ0) is 15.9. The van der Waals surface area contributed by atoms with Crippen LogP contribution in [0.3, 0.4) is 0 Å². The number of carbonyl (C=O) groups is 1. The molecule has 122 valence electrons. The number of halogens is 1. The summed E-state index contributed by atoms with van der Waals surface area (Å²) in [4.78, 5) is 16.3. The van der Waals surface area contributed by atoms with Crippen LogP contribution in [0.15, 0.2) is 28.7 Å². The Hall–Kier alpha value is -1.07. The third-order valence-corrected chi connectivity index (χ3v) is 4.72. The number of nitrogens with zero attached hydrogens (tertiary/aromatic N) is 2. The first-order valence-electron chi connectivity index (χ1n) is 8.18. The summed E-state index contributed by atoms with van der Waals surface area (Å²) >= 11 is 3.50. The second-order valence-electron chi connectivity index (χ2n) is 5.71. The van der Waals surface area contributed by atoms with E-state index in [4.69, 9.17) is 0 Å². The van der Waals surface area contributed by atoms with E-state index in [-0.39, 0.29) is 6.03 Å². The molecule has 1 aromatic rings. The van der Waals surface area contributed by atoms with Crippen molar-refractivity contribution >= 4 is 22.0 Å². The molecule has 1 fully saturated rings. The molecule has 1 heterocycles. The van der Waals surface area contributed by atoms with Crippen LogP contribution in [0.25, 0.3) is 0 Å². The smallest absolute Gasteiger partial charge is 0.317 e. The van der Waals surface area contributed by atoms with Gasteiger partial charge in [0.1, 0.15) is 0 Å². The molecule has 1 saturated heterocycles. The standard InChI is InChI=1S/C17H26BrN3O/c1-3-5-16(14-6-8-15(18)9-7-14)20-10-12-21(13-11-20)17(22)19-4-2/h6-9,16H,3-5,10-13H2,1-2H3,(H,19,22). The molecule has 1 aliphatic rings. The zero-order valence-electron chi connectivity index (χ0n) is 13.5. The van der Waals surface area contributed by atoms with Crippen molar-refractivity contribution < 1.29 is 4.79 Å². The van der Waals surface area contributed by atoms with Crippen LogP contribution in [0.2, 0.25) is 0 Å². The summed E-state index contributed by atoms with van der Waals surface area (Å²) in [5.41, 5.74) is 1.37. The number of hydrogen-bond donors (Lipinski definition) is 1. The van der Waals surface area contributed by atoms with E-state index in [1.807, 2.05) is 11.8 Å². The number of amides is 2. The lowest BCUT2D eigenvalue weighted by Crippen LogP contribution is -2.52. The van der Waals surface area contributed by atoms with Gasteiger partial charge in [0.25, 0.3) is 0 Å². The predicted octanol–water partition coefficient (Wildman–Crippen LogP) is 3.64. The summed E-state index contributed by atoms with van der Waals surface area (Å²) in [6.45, 7) is 8.38. The molecule has 1 atom stereocenters. The monoisotopic (exact) mass is 367 g/mol. The summed E-state index contributed by atoms with van der Waals surface area (Å²) in [5.74, 6) is 0. The number of benzene rings is 1. The van der Waals surface area contributed by atoms with Gasteiger partial charge in [0.05, 0.1) is 0 Å². The molecule has 1 aromatic carbocycles. The van der Waals surface area contributed by atoms with Gasteiger partial charge in [-0.1, -0.05) is 41.4 Å². The van der Waals surface area contributed by atoms with E-state index in [1.165, 1.54) is 5.56 Å². The normalized spacial score (nSPS) is 17.3. The fourth-order valence-corrected chi connectivity index (χ4v) is 3.28. The number of carbonyl (C=O) groups excluding carboxylic acids is 1. The van der Waals surface area contributed by atoms with Crippen molar-refractivity contribution in [1.29, 1.82) is 0 Å². The van der Waals surface area contributed by atoms with E-state index >= 15 is 0 Å². The molecule has 1 aliphatic heterocycles. The van der Waals surface area contributed by atoms with Crippen LogP contribution in [0, 0.1) is 0 Å². The van der Waals surface area contributed by atoms with Gasteiger partial charge in [-0.25, -0.2) is 4.79 Å². The molecule has 1 N–H and O–H groups in total. The largest absolute Gasteiger partial charge is 0.338 e. The Balaban J connectivity index is 1.99. The molecule has 0 radical (unpaired) electrons. The number of urea groups is 1. The average molecular weight is 368 g/mol. The van der Waals surface area contributed by atoms with E-state index < -0.39 is 0 Å². The highest BCUT2D eigenvalue weighted by Gasteiger charge is 2.26. The number of hydrogen-bond acceptors (Lipinski definition) is 2. The Labute approximate surface area is 142 Å². The maximum atomic E-state index is 11.9. The van der Waals surface area contributed by atoms with Crippen molar-refractivity contribution in [2.75, 3.05) is 32.7 Å². The van der Waals surface area contributed by atoms with Crippen LogP contribution in [0.1, 0.15) is 38.3 Å². The van der Waals surface area contributed by atoms with E-state index in [0.717, 1.165) is 43.5 Å². The van der Waals surface area contributed by atoms with Crippen LogP contribution in [-0.2, 0) is 0 Å². The van der Waals surface area contributed by atoms with Gasteiger partial charge in [0, 0.05) is 43.2 Å². The minimum Gasteiger partial charge on any atom is -0.338 e. The fourth-order valence-electron chi connectivity index (χ4n) is 3.02. The number of piperazine rings is 1. The van der Waals surface area contributed by atoms with Crippen LogP contribution in [0.5, 0.6) is 0 Å². The Morgan fingerprint density at radius 1 is 1.18 bits per heavy atom. The molecule has 0 spiro atoms. The quantitative estimate of drug-likeness (QED) is 0.862. The van der Waals surface area contributed by atoms with Gasteiger partial charge < -0.3 is 10.2 Å². The van der Waals surface area contributed by atoms with Crippen molar-refractivity contribution in [1.82, 2.24) is 15.1 Å². The first kappa shape index (κ1) is 17.3. The summed E-state index contributed by atoms with van der Waals surface area (Å²) in [6, 6.07) is 9.17. The van der Waals surface area contributed by atoms with Crippen LogP contribution >= 0.6 is 15.9 Å². The van der Waals surface area contributed by atoms with Gasteiger partial charge in [-0.2, -0.15) is 0 Å². The fraction of sp³-hybridized carbons (Fsp3) is 0.588. The second-order valence-corrected chi connectivity index (χ2v) is 6.63.